The van der Waals surface area contributed by atoms with Gasteiger partial charge in [0, 0.05) is 36.5 Å². The van der Waals surface area contributed by atoms with E-state index in [0.29, 0.717) is 40.4 Å². The Labute approximate surface area is 282 Å². The Morgan fingerprint density at radius 3 is 2.49 bits per heavy atom. The number of aryl methyl sites for hydroxylation is 2. The number of methoxy groups -OCH3 is 1. The molecule has 2 aromatic heterocycles. The van der Waals surface area contributed by atoms with Crippen molar-refractivity contribution < 1.29 is 23.7 Å². The standard InChI is InChI=1S/C37H38FN5O6/c1-23-9-7-10-24(2)34(23)43-36(45)27(35(44)41-37(43)46)22-40-25-11-12-31(28(38)19-25)49-30-13-14-39-29-21-33(32(47-3)20-26(29)30)48-18-8-17-42-15-5-4-6-16-42/h7,9-14,19-22,45H,4-6,8,15-18H2,1-3H3,(H,41,44,46). The largest absolute Gasteiger partial charge is 0.493 e. The van der Waals surface area contributed by atoms with E-state index in [9.17, 15) is 14.7 Å². The number of aromatic amines is 1. The van der Waals surface area contributed by atoms with Gasteiger partial charge < -0.3 is 24.2 Å². The van der Waals surface area contributed by atoms with Crippen molar-refractivity contribution in [3.8, 4) is 34.6 Å². The van der Waals surface area contributed by atoms with Crippen molar-refractivity contribution in [2.45, 2.75) is 39.5 Å². The van der Waals surface area contributed by atoms with Crippen LogP contribution in [0.3, 0.4) is 0 Å². The smallest absolute Gasteiger partial charge is 0.335 e. The number of H-pyrrole nitrogens is 1. The number of para-hydroxylation sites is 1. The Bertz CT molecular complexity index is 2120. The summed E-state index contributed by atoms with van der Waals surface area (Å²) in [5.41, 5.74) is 0.741. The average Bonchev–Trinajstić information content (AvgIpc) is 3.09. The fourth-order valence-corrected chi connectivity index (χ4v) is 6.07. The highest BCUT2D eigenvalue weighted by molar-refractivity contribution is 5.88. The number of fused-ring (bicyclic) bond motifs is 1. The summed E-state index contributed by atoms with van der Waals surface area (Å²) in [4.78, 5) is 38.6. The van der Waals surface area contributed by atoms with Crippen LogP contribution in [0.2, 0.25) is 0 Å². The Morgan fingerprint density at radius 1 is 0.980 bits per heavy atom. The minimum Gasteiger partial charge on any atom is -0.493 e. The van der Waals surface area contributed by atoms with Crippen LogP contribution in [-0.4, -0.2) is 64.1 Å². The number of hydrogen-bond donors (Lipinski definition) is 2. The maximum atomic E-state index is 15.3. The maximum absolute atomic E-state index is 15.3. The topological polar surface area (TPSA) is 131 Å². The SMILES string of the molecule is COc1cc2c(Oc3ccc(N=Cc4c(O)n(-c5c(C)cccc5C)c(=O)[nH]c4=O)cc3F)ccnc2cc1OCCCN1CCCCC1. The first-order chi connectivity index (χ1) is 23.7. The van der Waals surface area contributed by atoms with Gasteiger partial charge in [-0.2, -0.15) is 0 Å². The van der Waals surface area contributed by atoms with Gasteiger partial charge in [0.05, 0.1) is 30.6 Å². The summed E-state index contributed by atoms with van der Waals surface area (Å²) in [5.74, 6) is 0.0879. The number of rotatable bonds is 11. The lowest BCUT2D eigenvalue weighted by atomic mass is 10.1. The van der Waals surface area contributed by atoms with Gasteiger partial charge in [0.15, 0.2) is 23.1 Å². The van der Waals surface area contributed by atoms with Gasteiger partial charge in [0.2, 0.25) is 5.88 Å². The first-order valence-corrected chi connectivity index (χ1v) is 16.2. The zero-order valence-corrected chi connectivity index (χ0v) is 27.7. The molecule has 49 heavy (non-hydrogen) atoms. The molecule has 0 bridgehead atoms. The van der Waals surface area contributed by atoms with Crippen LogP contribution >= 0.6 is 0 Å². The molecular formula is C37H38FN5O6. The number of nitrogens with zero attached hydrogens (tertiary/aromatic N) is 4. The van der Waals surface area contributed by atoms with Crippen molar-refractivity contribution in [3.05, 3.63) is 104 Å². The van der Waals surface area contributed by atoms with Crippen LogP contribution in [0.1, 0.15) is 42.4 Å². The third kappa shape index (κ3) is 7.34. The highest BCUT2D eigenvalue weighted by Gasteiger charge is 2.18. The summed E-state index contributed by atoms with van der Waals surface area (Å²) in [7, 11) is 1.56. The maximum Gasteiger partial charge on any atom is 0.335 e. The number of piperidine rings is 1. The molecule has 2 N–H and O–H groups in total. The van der Waals surface area contributed by atoms with E-state index in [1.54, 1.807) is 57.5 Å². The van der Waals surface area contributed by atoms with Gasteiger partial charge in [-0.25, -0.2) is 13.8 Å². The summed E-state index contributed by atoms with van der Waals surface area (Å²) < 4.78 is 34.0. The van der Waals surface area contributed by atoms with Crippen LogP contribution in [0.15, 0.2) is 75.4 Å². The number of likely N-dealkylation sites (tertiary alicyclic amines) is 1. The van der Waals surface area contributed by atoms with E-state index in [2.05, 4.69) is 19.9 Å². The van der Waals surface area contributed by atoms with Gasteiger partial charge in [-0.15, -0.1) is 0 Å². The van der Waals surface area contributed by atoms with Gasteiger partial charge in [0.25, 0.3) is 5.56 Å². The minimum absolute atomic E-state index is 0.0623. The van der Waals surface area contributed by atoms with Crippen LogP contribution in [0.25, 0.3) is 16.6 Å². The summed E-state index contributed by atoms with van der Waals surface area (Å²) >= 11 is 0. The van der Waals surface area contributed by atoms with Crippen molar-refractivity contribution in [1.29, 1.82) is 0 Å². The molecule has 3 heterocycles. The average molecular weight is 668 g/mol. The molecule has 6 rings (SSSR count). The lowest BCUT2D eigenvalue weighted by Gasteiger charge is -2.26. The number of nitrogens with one attached hydrogen (secondary N) is 1. The Hall–Kier alpha value is -5.49. The molecular weight excluding hydrogens is 629 g/mol. The van der Waals surface area contributed by atoms with E-state index in [1.165, 1.54) is 31.4 Å². The molecule has 0 spiro atoms. The number of halogens is 1. The zero-order valence-electron chi connectivity index (χ0n) is 27.7. The molecule has 1 fully saturated rings. The molecule has 1 aliphatic rings. The third-order valence-electron chi connectivity index (χ3n) is 8.57. The fourth-order valence-electron chi connectivity index (χ4n) is 6.07. The number of aromatic hydroxyl groups is 1. The van der Waals surface area contributed by atoms with E-state index in [1.807, 2.05) is 6.07 Å². The normalized spacial score (nSPS) is 13.6. The summed E-state index contributed by atoms with van der Waals surface area (Å²) in [6.07, 6.45) is 7.36. The van der Waals surface area contributed by atoms with Gasteiger partial charge in [0.1, 0.15) is 11.3 Å². The van der Waals surface area contributed by atoms with E-state index >= 15 is 4.39 Å². The van der Waals surface area contributed by atoms with Crippen molar-refractivity contribution >= 4 is 22.8 Å². The van der Waals surface area contributed by atoms with E-state index < -0.39 is 22.9 Å². The molecule has 0 atom stereocenters. The highest BCUT2D eigenvalue weighted by atomic mass is 19.1. The van der Waals surface area contributed by atoms with E-state index in [0.717, 1.165) is 54.0 Å². The second kappa shape index (κ2) is 14.7. The van der Waals surface area contributed by atoms with Crippen molar-refractivity contribution in [2.24, 2.45) is 4.99 Å². The van der Waals surface area contributed by atoms with Crippen molar-refractivity contribution in [1.82, 2.24) is 19.4 Å². The van der Waals surface area contributed by atoms with E-state index in [4.69, 9.17) is 14.2 Å². The second-order valence-corrected chi connectivity index (χ2v) is 12.0. The minimum atomic E-state index is -0.833. The molecule has 0 saturated carbocycles. The molecule has 12 heteroatoms. The Kier molecular flexibility index (Phi) is 10.0. The van der Waals surface area contributed by atoms with Gasteiger partial charge >= 0.3 is 5.69 Å². The van der Waals surface area contributed by atoms with E-state index in [-0.39, 0.29) is 17.0 Å². The molecule has 5 aromatic rings. The number of ether oxygens (including phenoxy) is 3. The number of hydrogen-bond acceptors (Lipinski definition) is 9. The quantitative estimate of drug-likeness (QED) is 0.123. The lowest BCUT2D eigenvalue weighted by molar-refractivity contribution is 0.203. The molecule has 11 nitrogen and oxygen atoms in total. The predicted molar refractivity (Wildman–Crippen MR) is 186 cm³/mol. The molecule has 0 radical (unpaired) electrons. The molecule has 254 valence electrons. The Balaban J connectivity index is 1.20. The lowest BCUT2D eigenvalue weighted by Crippen LogP contribution is -2.32. The zero-order chi connectivity index (χ0) is 34.5. The summed E-state index contributed by atoms with van der Waals surface area (Å²) in [5, 5.41) is 11.6. The fraction of sp³-hybridized carbons (Fsp3) is 0.297. The molecule has 0 amide bonds. The molecule has 1 aliphatic heterocycles. The van der Waals surface area contributed by atoms with Gasteiger partial charge in [-0.05, 0) is 81.6 Å². The van der Waals surface area contributed by atoms with Crippen LogP contribution in [0.4, 0.5) is 10.1 Å². The van der Waals surface area contributed by atoms with Crippen molar-refractivity contribution in [3.63, 3.8) is 0 Å². The monoisotopic (exact) mass is 667 g/mol. The van der Waals surface area contributed by atoms with Crippen molar-refractivity contribution in [2.75, 3.05) is 33.4 Å². The van der Waals surface area contributed by atoms with Crippen LogP contribution < -0.4 is 25.5 Å². The molecule has 1 saturated heterocycles. The second-order valence-electron chi connectivity index (χ2n) is 12.0. The van der Waals surface area contributed by atoms with Gasteiger partial charge in [-0.3, -0.25) is 19.8 Å². The summed E-state index contributed by atoms with van der Waals surface area (Å²) in [6, 6.07) is 14.6. The number of benzene rings is 3. The molecule has 0 unspecified atom stereocenters. The first-order valence-electron chi connectivity index (χ1n) is 16.2. The third-order valence-corrected chi connectivity index (χ3v) is 8.57. The molecule has 0 aliphatic carbocycles. The first kappa shape index (κ1) is 33.4. The Morgan fingerprint density at radius 2 is 1.76 bits per heavy atom. The highest BCUT2D eigenvalue weighted by Crippen LogP contribution is 2.38. The predicted octanol–water partition coefficient (Wildman–Crippen LogP) is 6.34. The van der Waals surface area contributed by atoms with Crippen LogP contribution in [0.5, 0.6) is 28.9 Å². The summed E-state index contributed by atoms with van der Waals surface area (Å²) in [6.45, 7) is 7.38. The van der Waals surface area contributed by atoms with Crippen LogP contribution in [-0.2, 0) is 0 Å². The van der Waals surface area contributed by atoms with Gasteiger partial charge in [-0.1, -0.05) is 24.6 Å². The molecule has 3 aromatic carbocycles. The number of pyridine rings is 1. The number of aromatic nitrogens is 3. The number of aliphatic imine (C=N–C) groups is 1. The van der Waals surface area contributed by atoms with Crippen LogP contribution in [0, 0.1) is 19.7 Å².